The van der Waals surface area contributed by atoms with E-state index in [0.717, 1.165) is 11.1 Å². The number of amides is 1. The largest absolute Gasteiger partial charge is 0.461 e. The molecular weight excluding hydrogens is 342 g/mol. The zero-order valence-electron chi connectivity index (χ0n) is 16.1. The molecule has 27 heavy (non-hydrogen) atoms. The normalized spacial score (nSPS) is 12.3. The second-order valence-electron chi connectivity index (χ2n) is 7.42. The van der Waals surface area contributed by atoms with E-state index in [4.69, 9.17) is 9.57 Å². The molecule has 0 bridgehead atoms. The van der Waals surface area contributed by atoms with Crippen LogP contribution in [0.15, 0.2) is 60.7 Å². The maximum atomic E-state index is 12.6. The van der Waals surface area contributed by atoms with Crippen LogP contribution in [0.1, 0.15) is 38.3 Å². The van der Waals surface area contributed by atoms with Gasteiger partial charge in [0.15, 0.2) is 0 Å². The molecule has 0 saturated carbocycles. The van der Waals surface area contributed by atoms with Crippen LogP contribution in [0.3, 0.4) is 0 Å². The first kappa shape index (κ1) is 20.6. The van der Waals surface area contributed by atoms with Crippen molar-refractivity contribution in [3.8, 4) is 0 Å². The Morgan fingerprint density at radius 3 is 2.04 bits per heavy atom. The number of hydroxylamine groups is 1. The van der Waals surface area contributed by atoms with Crippen LogP contribution in [-0.4, -0.2) is 17.5 Å². The van der Waals surface area contributed by atoms with Gasteiger partial charge in [-0.05, 0) is 38.3 Å². The number of carbonyl (C=O) groups excluding carboxylic acids is 2. The van der Waals surface area contributed by atoms with Gasteiger partial charge in [-0.25, -0.2) is 5.48 Å². The van der Waals surface area contributed by atoms with Gasteiger partial charge in [0, 0.05) is 6.42 Å². The van der Waals surface area contributed by atoms with E-state index in [1.807, 2.05) is 81.4 Å². The molecule has 2 aromatic carbocycles. The van der Waals surface area contributed by atoms with Crippen LogP contribution >= 0.6 is 0 Å². The molecule has 2 rings (SSSR count). The highest BCUT2D eigenvalue weighted by Crippen LogP contribution is 2.16. The zero-order valence-corrected chi connectivity index (χ0v) is 16.1. The van der Waals surface area contributed by atoms with Gasteiger partial charge < -0.3 is 4.74 Å². The van der Waals surface area contributed by atoms with Gasteiger partial charge in [-0.2, -0.15) is 0 Å². The molecular formula is C22H27NO4. The third-order valence-corrected chi connectivity index (χ3v) is 3.79. The fourth-order valence-corrected chi connectivity index (χ4v) is 2.46. The van der Waals surface area contributed by atoms with Crippen molar-refractivity contribution in [3.05, 3.63) is 71.8 Å². The summed E-state index contributed by atoms with van der Waals surface area (Å²) >= 11 is 0. The summed E-state index contributed by atoms with van der Waals surface area (Å²) < 4.78 is 5.45. The Morgan fingerprint density at radius 1 is 0.926 bits per heavy atom. The summed E-state index contributed by atoms with van der Waals surface area (Å²) in [7, 11) is 0. The third kappa shape index (κ3) is 8.05. The highest BCUT2D eigenvalue weighted by molar-refractivity contribution is 5.82. The van der Waals surface area contributed by atoms with Crippen LogP contribution in [0.25, 0.3) is 0 Å². The fourth-order valence-electron chi connectivity index (χ4n) is 2.46. The summed E-state index contributed by atoms with van der Waals surface area (Å²) in [5.74, 6) is -1.32. The van der Waals surface area contributed by atoms with Crippen LogP contribution < -0.4 is 5.48 Å². The van der Waals surface area contributed by atoms with Crippen LogP contribution in [0, 0.1) is 5.92 Å². The minimum Gasteiger partial charge on any atom is -0.461 e. The second kappa shape index (κ2) is 9.88. The van der Waals surface area contributed by atoms with E-state index in [1.54, 1.807) is 0 Å². The van der Waals surface area contributed by atoms with Gasteiger partial charge in [-0.15, -0.1) is 0 Å². The molecule has 144 valence electrons. The van der Waals surface area contributed by atoms with E-state index in [-0.39, 0.29) is 18.9 Å². The van der Waals surface area contributed by atoms with E-state index in [1.165, 1.54) is 0 Å². The van der Waals surface area contributed by atoms with Crippen molar-refractivity contribution in [1.82, 2.24) is 5.48 Å². The minimum atomic E-state index is -0.584. The monoisotopic (exact) mass is 369 g/mol. The molecule has 0 radical (unpaired) electrons. The summed E-state index contributed by atoms with van der Waals surface area (Å²) in [4.78, 5) is 30.1. The third-order valence-electron chi connectivity index (χ3n) is 3.79. The lowest BCUT2D eigenvalue weighted by molar-refractivity contribution is -0.155. The molecule has 0 aliphatic carbocycles. The van der Waals surface area contributed by atoms with Crippen LogP contribution in [0.4, 0.5) is 0 Å². The van der Waals surface area contributed by atoms with E-state index >= 15 is 0 Å². The number of hydrogen-bond donors (Lipinski definition) is 1. The number of nitrogens with one attached hydrogen (secondary N) is 1. The molecule has 0 heterocycles. The Hall–Kier alpha value is -2.66. The van der Waals surface area contributed by atoms with Crippen molar-refractivity contribution in [2.24, 2.45) is 5.92 Å². The predicted molar refractivity (Wildman–Crippen MR) is 103 cm³/mol. The van der Waals surface area contributed by atoms with Crippen molar-refractivity contribution in [2.45, 2.75) is 45.8 Å². The summed E-state index contributed by atoms with van der Waals surface area (Å²) in [6, 6.07) is 19.1. The summed E-state index contributed by atoms with van der Waals surface area (Å²) in [6.45, 7) is 5.69. The number of hydrogen-bond acceptors (Lipinski definition) is 4. The maximum Gasteiger partial charge on any atom is 0.310 e. The molecule has 0 spiro atoms. The number of benzene rings is 2. The van der Waals surface area contributed by atoms with Crippen LogP contribution in [0.5, 0.6) is 0 Å². The van der Waals surface area contributed by atoms with Crippen LogP contribution in [0.2, 0.25) is 0 Å². The first-order valence-corrected chi connectivity index (χ1v) is 9.05. The first-order valence-electron chi connectivity index (χ1n) is 9.05. The molecule has 0 aliphatic heterocycles. The molecule has 0 saturated heterocycles. The summed E-state index contributed by atoms with van der Waals surface area (Å²) in [6.07, 6.45) is 0.427. The molecule has 0 fully saturated rings. The SMILES string of the molecule is CC(C)(C)ONC(=O)C[C@H](Cc1ccccc1)C(=O)OCc1ccccc1. The molecule has 1 N–H and O–H groups in total. The highest BCUT2D eigenvalue weighted by Gasteiger charge is 2.25. The number of rotatable bonds is 8. The quantitative estimate of drug-likeness (QED) is 0.567. The van der Waals surface area contributed by atoms with Gasteiger partial charge >= 0.3 is 5.97 Å². The molecule has 1 amide bonds. The average molecular weight is 369 g/mol. The Bertz CT molecular complexity index is 723. The smallest absolute Gasteiger partial charge is 0.310 e. The number of esters is 1. The number of carbonyl (C=O) groups is 2. The van der Waals surface area contributed by atoms with E-state index in [2.05, 4.69) is 5.48 Å². The average Bonchev–Trinajstić information content (AvgIpc) is 2.65. The second-order valence-corrected chi connectivity index (χ2v) is 7.42. The molecule has 0 unspecified atom stereocenters. The molecule has 0 aromatic heterocycles. The molecule has 1 atom stereocenters. The zero-order chi connectivity index (χ0) is 19.7. The topological polar surface area (TPSA) is 64.6 Å². The Balaban J connectivity index is 1.99. The van der Waals surface area contributed by atoms with Gasteiger partial charge in [-0.3, -0.25) is 14.4 Å². The molecule has 2 aromatic rings. The van der Waals surface area contributed by atoms with Gasteiger partial charge in [0.25, 0.3) is 0 Å². The van der Waals surface area contributed by atoms with Crippen molar-refractivity contribution in [3.63, 3.8) is 0 Å². The highest BCUT2D eigenvalue weighted by atomic mass is 16.7. The molecule has 0 aliphatic rings. The van der Waals surface area contributed by atoms with Crippen molar-refractivity contribution in [1.29, 1.82) is 0 Å². The first-order chi connectivity index (χ1) is 12.8. The Morgan fingerprint density at radius 2 is 1.48 bits per heavy atom. The Kier molecular flexibility index (Phi) is 7.55. The van der Waals surface area contributed by atoms with Crippen LogP contribution in [-0.2, 0) is 32.2 Å². The lowest BCUT2D eigenvalue weighted by Gasteiger charge is -2.20. The van der Waals surface area contributed by atoms with Gasteiger partial charge in [0.05, 0.1) is 11.5 Å². The predicted octanol–water partition coefficient (Wildman–Crippen LogP) is 3.83. The lowest BCUT2D eigenvalue weighted by Crippen LogP contribution is -2.36. The molecule has 5 heteroatoms. The van der Waals surface area contributed by atoms with Gasteiger partial charge in [0.2, 0.25) is 5.91 Å². The van der Waals surface area contributed by atoms with Gasteiger partial charge in [0.1, 0.15) is 6.61 Å². The lowest BCUT2D eigenvalue weighted by atomic mass is 9.96. The van der Waals surface area contributed by atoms with Crippen molar-refractivity contribution in [2.75, 3.05) is 0 Å². The maximum absolute atomic E-state index is 12.6. The summed E-state index contributed by atoms with van der Waals surface area (Å²) in [5, 5.41) is 0. The summed E-state index contributed by atoms with van der Waals surface area (Å²) in [5.41, 5.74) is 3.80. The molecule has 5 nitrogen and oxygen atoms in total. The van der Waals surface area contributed by atoms with E-state index in [9.17, 15) is 9.59 Å². The number of ether oxygens (including phenoxy) is 1. The Labute approximate surface area is 160 Å². The standard InChI is InChI=1S/C22H27NO4/c1-22(2,3)27-23-20(24)15-19(14-17-10-6-4-7-11-17)21(25)26-16-18-12-8-5-9-13-18/h4-13,19H,14-16H2,1-3H3,(H,23,24)/t19-/m0/s1. The van der Waals surface area contributed by atoms with Gasteiger partial charge in [-0.1, -0.05) is 60.7 Å². The van der Waals surface area contributed by atoms with E-state index in [0.29, 0.717) is 6.42 Å². The van der Waals surface area contributed by atoms with Crippen molar-refractivity contribution >= 4 is 11.9 Å². The van der Waals surface area contributed by atoms with Crippen molar-refractivity contribution < 1.29 is 19.2 Å². The minimum absolute atomic E-state index is 0.00139. The van der Waals surface area contributed by atoms with E-state index < -0.39 is 17.5 Å². The fraction of sp³-hybridized carbons (Fsp3) is 0.364.